The highest BCUT2D eigenvalue weighted by Crippen LogP contribution is 2.35. The lowest BCUT2D eigenvalue weighted by Crippen LogP contribution is -2.47. The molecule has 1 atom stereocenters. The predicted octanol–water partition coefficient (Wildman–Crippen LogP) is 3.37. The van der Waals surface area contributed by atoms with Crippen LogP contribution in [0.15, 0.2) is 54.9 Å². The van der Waals surface area contributed by atoms with Gasteiger partial charge in [-0.2, -0.15) is 9.97 Å². The van der Waals surface area contributed by atoms with Gasteiger partial charge in [0, 0.05) is 38.4 Å². The van der Waals surface area contributed by atoms with Crippen LogP contribution in [0, 0.1) is 0 Å². The number of aliphatic hydroxyl groups is 1. The highest BCUT2D eigenvalue weighted by molar-refractivity contribution is 5.85. The van der Waals surface area contributed by atoms with Crippen LogP contribution in [0.5, 0.6) is 5.75 Å². The molecule has 0 unspecified atom stereocenters. The molecule has 1 aliphatic heterocycles. The van der Waals surface area contributed by atoms with Gasteiger partial charge in [-0.3, -0.25) is 0 Å². The molecule has 0 spiro atoms. The van der Waals surface area contributed by atoms with E-state index in [9.17, 15) is 10.2 Å². The number of phenolic OH excluding ortho intramolecular Hbond substituents is 1. The Labute approximate surface area is 215 Å². The Morgan fingerprint density at radius 2 is 1.69 bits per heavy atom. The molecule has 3 heterocycles. The number of hydrogen-bond donors (Lipinski definition) is 3. The predicted molar refractivity (Wildman–Crippen MR) is 143 cm³/mol. The molecule has 1 saturated heterocycles. The van der Waals surface area contributed by atoms with Gasteiger partial charge in [0.2, 0.25) is 5.95 Å². The molecular formula is C26H30ClN7O2. The molecule has 188 valence electrons. The van der Waals surface area contributed by atoms with Gasteiger partial charge in [0.05, 0.1) is 19.0 Å². The zero-order valence-electron chi connectivity index (χ0n) is 19.9. The van der Waals surface area contributed by atoms with E-state index >= 15 is 0 Å². The largest absolute Gasteiger partial charge is 0.508 e. The average molecular weight is 508 g/mol. The van der Waals surface area contributed by atoms with Crippen LogP contribution in [0.25, 0.3) is 11.2 Å². The maximum Gasteiger partial charge on any atom is 0.229 e. The second-order valence-corrected chi connectivity index (χ2v) is 9.13. The summed E-state index contributed by atoms with van der Waals surface area (Å²) in [5, 5.41) is 22.8. The number of fused-ring (bicyclic) bond motifs is 2. The minimum Gasteiger partial charge on any atom is -0.508 e. The molecule has 10 heteroatoms. The van der Waals surface area contributed by atoms with Gasteiger partial charge in [-0.05, 0) is 48.2 Å². The molecule has 0 radical (unpaired) electrons. The van der Waals surface area contributed by atoms with Crippen molar-refractivity contribution in [1.29, 1.82) is 0 Å². The molecule has 0 amide bonds. The third-order valence-electron chi connectivity index (χ3n) is 7.01. The molecule has 2 aliphatic rings. The quantitative estimate of drug-likeness (QED) is 0.365. The highest BCUT2D eigenvalue weighted by atomic mass is 35.5. The van der Waals surface area contributed by atoms with E-state index in [0.29, 0.717) is 12.5 Å². The molecule has 9 nitrogen and oxygen atoms in total. The van der Waals surface area contributed by atoms with Crippen molar-refractivity contribution < 1.29 is 10.2 Å². The minimum absolute atomic E-state index is 0. The van der Waals surface area contributed by atoms with Crippen LogP contribution in [0.1, 0.15) is 23.6 Å². The third kappa shape index (κ3) is 4.52. The zero-order chi connectivity index (χ0) is 23.8. The van der Waals surface area contributed by atoms with Crippen molar-refractivity contribution in [1.82, 2.24) is 19.5 Å². The van der Waals surface area contributed by atoms with Crippen molar-refractivity contribution in [3.63, 3.8) is 0 Å². The van der Waals surface area contributed by atoms with Crippen molar-refractivity contribution in [3.05, 3.63) is 66.0 Å². The second kappa shape index (κ2) is 10.2. The normalized spacial score (nSPS) is 17.2. The number of aryl methyl sites for hydroxylation is 1. The van der Waals surface area contributed by atoms with Crippen LogP contribution in [-0.2, 0) is 13.0 Å². The van der Waals surface area contributed by atoms with E-state index in [0.717, 1.165) is 61.7 Å². The molecule has 3 N–H and O–H groups in total. The Morgan fingerprint density at radius 3 is 2.47 bits per heavy atom. The van der Waals surface area contributed by atoms with Gasteiger partial charge in [0.15, 0.2) is 17.0 Å². The summed E-state index contributed by atoms with van der Waals surface area (Å²) >= 11 is 0. The number of imidazole rings is 1. The molecule has 1 aliphatic carbocycles. The number of aliphatic hydroxyl groups excluding tert-OH is 1. The fourth-order valence-electron chi connectivity index (χ4n) is 5.15. The van der Waals surface area contributed by atoms with Gasteiger partial charge in [0.25, 0.3) is 0 Å². The van der Waals surface area contributed by atoms with Crippen LogP contribution in [0.3, 0.4) is 0 Å². The first-order chi connectivity index (χ1) is 17.2. The summed E-state index contributed by atoms with van der Waals surface area (Å²) in [6, 6.07) is 16.1. The van der Waals surface area contributed by atoms with Crippen molar-refractivity contribution in [2.24, 2.45) is 0 Å². The molecule has 2 aromatic heterocycles. The maximum atomic E-state index is 9.59. The molecule has 0 saturated carbocycles. The van der Waals surface area contributed by atoms with Gasteiger partial charge in [-0.1, -0.05) is 24.3 Å². The summed E-state index contributed by atoms with van der Waals surface area (Å²) in [4.78, 5) is 18.9. The number of halogens is 1. The Bertz CT molecular complexity index is 1340. The fraction of sp³-hybridized carbons (Fsp3) is 0.346. The van der Waals surface area contributed by atoms with E-state index in [-0.39, 0.29) is 30.8 Å². The van der Waals surface area contributed by atoms with Crippen LogP contribution in [-0.4, -0.2) is 62.5 Å². The second-order valence-electron chi connectivity index (χ2n) is 9.13. The number of benzene rings is 2. The standard InChI is InChI=1S/C26H29N7O2.ClH/c34-16-15-33-17-27-23-24(28-22-10-5-18-3-1-2-4-21(18)22)29-26(30-25(23)33)32-13-11-31(12-14-32)19-6-8-20(35)9-7-19;/h1-4,6-9,17,22,34-35H,5,10-16H2,(H,28,29,30);1H/t22-;/m1./s1. The van der Waals surface area contributed by atoms with E-state index in [1.54, 1.807) is 18.5 Å². The molecular weight excluding hydrogens is 478 g/mol. The van der Waals surface area contributed by atoms with Crippen LogP contribution >= 0.6 is 12.4 Å². The van der Waals surface area contributed by atoms with Crippen molar-refractivity contribution in [2.45, 2.75) is 25.4 Å². The monoisotopic (exact) mass is 507 g/mol. The smallest absolute Gasteiger partial charge is 0.229 e. The summed E-state index contributed by atoms with van der Waals surface area (Å²) in [5.41, 5.74) is 5.26. The lowest BCUT2D eigenvalue weighted by molar-refractivity contribution is 0.277. The number of rotatable bonds is 6. The highest BCUT2D eigenvalue weighted by Gasteiger charge is 2.26. The van der Waals surface area contributed by atoms with Gasteiger partial charge in [-0.25, -0.2) is 4.98 Å². The lowest BCUT2D eigenvalue weighted by Gasteiger charge is -2.36. The first-order valence-electron chi connectivity index (χ1n) is 12.2. The first kappa shape index (κ1) is 24.1. The number of nitrogens with one attached hydrogen (secondary N) is 1. The van der Waals surface area contributed by atoms with Crippen LogP contribution in [0.4, 0.5) is 17.5 Å². The van der Waals surface area contributed by atoms with E-state index in [2.05, 4.69) is 44.4 Å². The lowest BCUT2D eigenvalue weighted by atomic mass is 10.1. The zero-order valence-corrected chi connectivity index (χ0v) is 20.7. The maximum absolute atomic E-state index is 9.59. The average Bonchev–Trinajstić information content (AvgIpc) is 3.49. The molecule has 0 bridgehead atoms. The molecule has 36 heavy (non-hydrogen) atoms. The third-order valence-corrected chi connectivity index (χ3v) is 7.01. The number of anilines is 3. The van der Waals surface area contributed by atoms with E-state index in [4.69, 9.17) is 9.97 Å². The molecule has 1 fully saturated rings. The number of aromatic hydroxyl groups is 1. The Hall–Kier alpha value is -3.56. The number of phenols is 1. The van der Waals surface area contributed by atoms with Crippen LogP contribution < -0.4 is 15.1 Å². The summed E-state index contributed by atoms with van der Waals surface area (Å²) < 4.78 is 1.89. The van der Waals surface area contributed by atoms with Crippen molar-refractivity contribution in [2.75, 3.05) is 47.9 Å². The summed E-state index contributed by atoms with van der Waals surface area (Å²) in [5.74, 6) is 1.69. The molecule has 6 rings (SSSR count). The van der Waals surface area contributed by atoms with Crippen molar-refractivity contribution in [3.8, 4) is 5.75 Å². The number of aromatic nitrogens is 4. The van der Waals surface area contributed by atoms with E-state index in [1.807, 2.05) is 16.7 Å². The molecule has 4 aromatic rings. The summed E-state index contributed by atoms with van der Waals surface area (Å²) in [6.07, 6.45) is 3.80. The number of hydrogen-bond acceptors (Lipinski definition) is 8. The SMILES string of the molecule is Cl.OCCn1cnc2c(N[C@@H]3CCc4ccccc43)nc(N3CCN(c4ccc(O)cc4)CC3)nc21. The number of piperazine rings is 1. The van der Waals surface area contributed by atoms with Gasteiger partial charge < -0.3 is 29.9 Å². The Morgan fingerprint density at radius 1 is 0.944 bits per heavy atom. The Kier molecular flexibility index (Phi) is 6.84. The van der Waals surface area contributed by atoms with E-state index in [1.165, 1.54) is 11.1 Å². The van der Waals surface area contributed by atoms with Crippen LogP contribution in [0.2, 0.25) is 0 Å². The van der Waals surface area contributed by atoms with Crippen molar-refractivity contribution >= 4 is 41.0 Å². The summed E-state index contributed by atoms with van der Waals surface area (Å²) in [7, 11) is 0. The first-order valence-corrected chi connectivity index (χ1v) is 12.2. The Balaban J connectivity index is 0.00000267. The van der Waals surface area contributed by atoms with Gasteiger partial charge in [0.1, 0.15) is 5.75 Å². The van der Waals surface area contributed by atoms with Gasteiger partial charge >= 0.3 is 0 Å². The van der Waals surface area contributed by atoms with Gasteiger partial charge in [-0.15, -0.1) is 12.4 Å². The fourth-order valence-corrected chi connectivity index (χ4v) is 5.15. The topological polar surface area (TPSA) is 103 Å². The number of nitrogens with zero attached hydrogens (tertiary/aromatic N) is 6. The summed E-state index contributed by atoms with van der Waals surface area (Å²) in [6.45, 7) is 3.70. The van der Waals surface area contributed by atoms with E-state index < -0.39 is 0 Å². The minimum atomic E-state index is 0. The molecule has 2 aromatic carbocycles.